The largest absolute Gasteiger partial charge is 0.250 e. The molecule has 0 atom stereocenters. The molecule has 0 bridgehead atoms. The highest BCUT2D eigenvalue weighted by Gasteiger charge is 2.30. The molecule has 1 heterocycles. The van der Waals surface area contributed by atoms with Gasteiger partial charge in [0.25, 0.3) is 10.0 Å². The van der Waals surface area contributed by atoms with Gasteiger partial charge in [0.05, 0.1) is 4.34 Å². The lowest BCUT2D eigenvalue weighted by atomic mass is 10.1. The zero-order valence-corrected chi connectivity index (χ0v) is 14.8. The molecule has 3 nitrogen and oxygen atoms in total. The topological polar surface area (TPSA) is 46.2 Å². The average Bonchev–Trinajstić information content (AvgIpc) is 2.59. The molecule has 0 saturated carbocycles. The molecule has 0 aromatic carbocycles. The summed E-state index contributed by atoms with van der Waals surface area (Å²) in [6.07, 6.45) is 0. The monoisotopic (exact) mass is 423 g/mol. The zero-order valence-electron chi connectivity index (χ0n) is 9.26. The van der Waals surface area contributed by atoms with Crippen LogP contribution >= 0.6 is 54.8 Å². The summed E-state index contributed by atoms with van der Waals surface area (Å²) in [6, 6.07) is 1.58. The summed E-state index contributed by atoms with van der Waals surface area (Å²) < 4.78 is 27.7. The molecule has 8 heteroatoms. The molecule has 17 heavy (non-hydrogen) atoms. The van der Waals surface area contributed by atoms with Crippen molar-refractivity contribution in [1.29, 1.82) is 0 Å². The Morgan fingerprint density at radius 2 is 2.00 bits per heavy atom. The Kier molecular flexibility index (Phi) is 5.50. The highest BCUT2D eigenvalue weighted by atomic mass is 79.9. The van der Waals surface area contributed by atoms with Crippen molar-refractivity contribution in [3.8, 4) is 0 Å². The van der Waals surface area contributed by atoms with Crippen LogP contribution in [0, 0.1) is 6.92 Å². The van der Waals surface area contributed by atoms with Gasteiger partial charge in [0.2, 0.25) is 0 Å². The van der Waals surface area contributed by atoms with E-state index >= 15 is 0 Å². The number of rotatable bonds is 5. The SMILES string of the molecule is Cc1cc(S(=O)(=O)NC(C)(CBr)CBr)sc1Cl. The van der Waals surface area contributed by atoms with E-state index in [1.807, 2.05) is 6.92 Å². The van der Waals surface area contributed by atoms with Crippen molar-refractivity contribution in [2.24, 2.45) is 0 Å². The summed E-state index contributed by atoms with van der Waals surface area (Å²) in [5.74, 6) is 0. The van der Waals surface area contributed by atoms with Crippen molar-refractivity contribution in [2.45, 2.75) is 23.6 Å². The van der Waals surface area contributed by atoms with Crippen LogP contribution in [0.2, 0.25) is 4.34 Å². The number of alkyl halides is 2. The third-order valence-corrected chi connectivity index (χ3v) is 8.21. The Hall–Kier alpha value is 0.860. The van der Waals surface area contributed by atoms with E-state index in [0.717, 1.165) is 16.9 Å². The van der Waals surface area contributed by atoms with Gasteiger partial charge in [0.15, 0.2) is 0 Å². The van der Waals surface area contributed by atoms with Crippen molar-refractivity contribution in [1.82, 2.24) is 4.72 Å². The maximum Gasteiger partial charge on any atom is 0.250 e. The predicted octanol–water partition coefficient (Wildman–Crippen LogP) is 3.54. The Balaban J connectivity index is 3.04. The molecule has 0 aliphatic rings. The van der Waals surface area contributed by atoms with Gasteiger partial charge in [-0.05, 0) is 25.5 Å². The minimum Gasteiger partial charge on any atom is -0.206 e. The van der Waals surface area contributed by atoms with E-state index in [9.17, 15) is 8.42 Å². The number of sulfonamides is 1. The first kappa shape index (κ1) is 15.9. The molecule has 0 fully saturated rings. The Labute approximate surface area is 127 Å². The van der Waals surface area contributed by atoms with Crippen LogP contribution in [0.25, 0.3) is 0 Å². The number of thiophene rings is 1. The van der Waals surface area contributed by atoms with Crippen LogP contribution in [0.15, 0.2) is 10.3 Å². The van der Waals surface area contributed by atoms with Gasteiger partial charge in [-0.2, -0.15) is 0 Å². The molecule has 1 aromatic heterocycles. The fraction of sp³-hybridized carbons (Fsp3) is 0.556. The van der Waals surface area contributed by atoms with E-state index in [4.69, 9.17) is 11.6 Å². The van der Waals surface area contributed by atoms with E-state index in [-0.39, 0.29) is 4.21 Å². The number of halogens is 3. The first-order valence-electron chi connectivity index (χ1n) is 4.66. The third-order valence-electron chi connectivity index (χ3n) is 2.07. The van der Waals surface area contributed by atoms with E-state index in [2.05, 4.69) is 36.6 Å². The third kappa shape index (κ3) is 3.91. The van der Waals surface area contributed by atoms with E-state index in [1.54, 1.807) is 13.0 Å². The standard InChI is InChI=1S/C9H12Br2ClNO2S2/c1-6-3-7(16-8(6)12)17(14,15)13-9(2,4-10)5-11/h3,13H,4-5H2,1-2H3. The van der Waals surface area contributed by atoms with Crippen molar-refractivity contribution >= 4 is 64.8 Å². The minimum absolute atomic E-state index is 0.244. The highest BCUT2D eigenvalue weighted by Crippen LogP contribution is 2.30. The number of nitrogens with one attached hydrogen (secondary N) is 1. The molecular weight excluding hydrogens is 413 g/mol. The van der Waals surface area contributed by atoms with E-state index < -0.39 is 15.6 Å². The summed E-state index contributed by atoms with van der Waals surface area (Å²) in [5.41, 5.74) is 0.208. The molecule has 0 aliphatic heterocycles. The van der Waals surface area contributed by atoms with Crippen LogP contribution in [0.1, 0.15) is 12.5 Å². The lowest BCUT2D eigenvalue weighted by Gasteiger charge is -2.25. The van der Waals surface area contributed by atoms with Crippen LogP contribution in [-0.4, -0.2) is 24.6 Å². The van der Waals surface area contributed by atoms with Crippen LogP contribution in [0.4, 0.5) is 0 Å². The van der Waals surface area contributed by atoms with Gasteiger partial charge in [-0.15, -0.1) is 11.3 Å². The lowest BCUT2D eigenvalue weighted by Crippen LogP contribution is -2.48. The van der Waals surface area contributed by atoms with E-state index in [0.29, 0.717) is 15.0 Å². The van der Waals surface area contributed by atoms with Crippen molar-refractivity contribution in [3.05, 3.63) is 16.0 Å². The Bertz CT molecular complexity index is 478. The minimum atomic E-state index is -3.52. The van der Waals surface area contributed by atoms with Crippen LogP contribution in [-0.2, 0) is 10.0 Å². The number of hydrogen-bond acceptors (Lipinski definition) is 3. The highest BCUT2D eigenvalue weighted by molar-refractivity contribution is 9.09. The molecule has 1 N–H and O–H groups in total. The molecule has 1 rings (SSSR count). The van der Waals surface area contributed by atoms with Crippen molar-refractivity contribution in [2.75, 3.05) is 10.7 Å². The van der Waals surface area contributed by atoms with Crippen molar-refractivity contribution < 1.29 is 8.42 Å². The molecule has 0 aliphatic carbocycles. The molecule has 0 spiro atoms. The van der Waals surface area contributed by atoms with Crippen molar-refractivity contribution in [3.63, 3.8) is 0 Å². The quantitative estimate of drug-likeness (QED) is 0.734. The normalized spacial score (nSPS) is 13.0. The van der Waals surface area contributed by atoms with Crippen LogP contribution in [0.5, 0.6) is 0 Å². The van der Waals surface area contributed by atoms with Crippen LogP contribution in [0.3, 0.4) is 0 Å². The molecular formula is C9H12Br2ClNO2S2. The lowest BCUT2D eigenvalue weighted by molar-refractivity contribution is 0.510. The maximum atomic E-state index is 12.1. The fourth-order valence-electron chi connectivity index (χ4n) is 1.03. The van der Waals surface area contributed by atoms with Gasteiger partial charge in [-0.3, -0.25) is 0 Å². The summed E-state index contributed by atoms with van der Waals surface area (Å²) in [4.78, 5) is 0. The summed E-state index contributed by atoms with van der Waals surface area (Å²) in [5, 5.41) is 1.03. The second kappa shape index (κ2) is 5.88. The number of aryl methyl sites for hydroxylation is 1. The smallest absolute Gasteiger partial charge is 0.206 e. The molecule has 0 saturated heterocycles. The second-order valence-corrected chi connectivity index (χ2v) is 8.64. The number of hydrogen-bond donors (Lipinski definition) is 1. The van der Waals surface area contributed by atoms with Crippen LogP contribution < -0.4 is 4.72 Å². The average molecular weight is 426 g/mol. The maximum absolute atomic E-state index is 12.1. The molecule has 98 valence electrons. The summed E-state index contributed by atoms with van der Waals surface area (Å²) in [6.45, 7) is 3.60. The Morgan fingerprint density at radius 3 is 2.35 bits per heavy atom. The summed E-state index contributed by atoms with van der Waals surface area (Å²) >= 11 is 13.5. The van der Waals surface area contributed by atoms with Gasteiger partial charge in [-0.25, -0.2) is 13.1 Å². The van der Waals surface area contributed by atoms with Gasteiger partial charge in [0.1, 0.15) is 4.21 Å². The molecule has 0 amide bonds. The molecule has 0 unspecified atom stereocenters. The molecule has 1 aromatic rings. The van der Waals surface area contributed by atoms with E-state index in [1.165, 1.54) is 0 Å². The second-order valence-electron chi connectivity index (χ2n) is 3.96. The summed E-state index contributed by atoms with van der Waals surface area (Å²) in [7, 11) is -3.52. The fourth-order valence-corrected chi connectivity index (χ4v) is 5.72. The predicted molar refractivity (Wildman–Crippen MR) is 80.4 cm³/mol. The first-order valence-corrected chi connectivity index (χ1v) is 9.58. The molecule has 0 radical (unpaired) electrons. The van der Waals surface area contributed by atoms with Gasteiger partial charge in [-0.1, -0.05) is 43.5 Å². The zero-order chi connectivity index (χ0) is 13.3. The Morgan fingerprint density at radius 1 is 1.47 bits per heavy atom. The first-order chi connectivity index (χ1) is 7.74. The van der Waals surface area contributed by atoms with Gasteiger partial charge < -0.3 is 0 Å². The van der Waals surface area contributed by atoms with Gasteiger partial charge in [0, 0.05) is 16.2 Å². The van der Waals surface area contributed by atoms with Gasteiger partial charge >= 0.3 is 0 Å².